The van der Waals surface area contributed by atoms with Gasteiger partial charge in [0.25, 0.3) is 0 Å². The summed E-state index contributed by atoms with van der Waals surface area (Å²) < 4.78 is 21.3. The molecule has 0 spiro atoms. The molecule has 7 unspecified atom stereocenters. The number of carbonyl (C=O) groups excluding carboxylic acids is 1. The zero-order chi connectivity index (χ0) is 29.5. The molecule has 0 radical (unpaired) electrons. The Morgan fingerprint density at radius 2 is 1.95 bits per heavy atom. The van der Waals surface area contributed by atoms with Gasteiger partial charge < -0.3 is 14.8 Å². The number of aliphatic hydroxyl groups is 1. The summed E-state index contributed by atoms with van der Waals surface area (Å²) in [5.74, 6) is 1.03. The Morgan fingerprint density at radius 1 is 1.14 bits per heavy atom. The zero-order valence-corrected chi connectivity index (χ0v) is 24.6. The normalized spacial score (nSPS) is 32.8. The van der Waals surface area contributed by atoms with Crippen LogP contribution in [-0.2, 0) is 17.8 Å². The molecule has 8 rings (SSSR count). The summed E-state index contributed by atoms with van der Waals surface area (Å²) >= 11 is 0. The number of rotatable bonds is 4. The molecular weight excluding hydrogens is 543 g/mol. The molecule has 0 saturated heterocycles. The van der Waals surface area contributed by atoms with E-state index < -0.39 is 6.10 Å². The number of carbonyl (C=O) groups is 1. The Hall–Kier alpha value is -3.78. The summed E-state index contributed by atoms with van der Waals surface area (Å²) in [7, 11) is 0. The lowest BCUT2D eigenvalue weighted by Gasteiger charge is -2.59. The van der Waals surface area contributed by atoms with Crippen LogP contribution in [-0.4, -0.2) is 31.9 Å². The molecular formula is C35H37FN4O3. The fourth-order valence-electron chi connectivity index (χ4n) is 9.68. The van der Waals surface area contributed by atoms with Crippen molar-refractivity contribution in [1.82, 2.24) is 20.1 Å². The predicted molar refractivity (Wildman–Crippen MR) is 160 cm³/mol. The molecule has 43 heavy (non-hydrogen) atoms. The van der Waals surface area contributed by atoms with Crippen molar-refractivity contribution in [3.8, 4) is 5.69 Å². The summed E-state index contributed by atoms with van der Waals surface area (Å²) in [5, 5.41) is 19.7. The van der Waals surface area contributed by atoms with E-state index in [4.69, 9.17) is 4.42 Å². The molecule has 4 aliphatic carbocycles. The number of hydrogen-bond acceptors (Lipinski definition) is 5. The van der Waals surface area contributed by atoms with Crippen molar-refractivity contribution in [2.45, 2.75) is 65.0 Å². The van der Waals surface area contributed by atoms with Gasteiger partial charge >= 0.3 is 0 Å². The molecule has 3 saturated carbocycles. The van der Waals surface area contributed by atoms with E-state index in [1.807, 2.05) is 35.1 Å². The number of para-hydroxylation sites is 2. The first-order valence-electron chi connectivity index (χ1n) is 15.6. The van der Waals surface area contributed by atoms with Crippen LogP contribution in [0, 0.1) is 40.3 Å². The smallest absolute Gasteiger partial charge is 0.224 e. The zero-order valence-electron chi connectivity index (χ0n) is 24.6. The highest BCUT2D eigenvalue weighted by atomic mass is 19.1. The number of amides is 1. The second-order valence-electron chi connectivity index (χ2n) is 13.7. The van der Waals surface area contributed by atoms with Crippen LogP contribution < -0.4 is 5.32 Å². The van der Waals surface area contributed by atoms with Gasteiger partial charge in [0, 0.05) is 5.92 Å². The SMILES string of the molecule is CC12Cc3cnn(-c4ccc(F)cc4)c3C=C1CCC1C2C(O)CC2(C)C(C(=O)NCc3nc4ccccc4o3)CCC12. The van der Waals surface area contributed by atoms with Crippen molar-refractivity contribution in [3.05, 3.63) is 83.3 Å². The van der Waals surface area contributed by atoms with E-state index in [-0.39, 0.29) is 40.9 Å². The van der Waals surface area contributed by atoms with Crippen LogP contribution in [0.5, 0.6) is 0 Å². The van der Waals surface area contributed by atoms with Crippen LogP contribution in [0.1, 0.15) is 63.1 Å². The largest absolute Gasteiger partial charge is 0.439 e. The molecule has 2 aromatic carbocycles. The Balaban J connectivity index is 1.03. The quantitative estimate of drug-likeness (QED) is 0.298. The topological polar surface area (TPSA) is 93.2 Å². The van der Waals surface area contributed by atoms with E-state index in [9.17, 15) is 14.3 Å². The maximum atomic E-state index is 13.6. The average molecular weight is 581 g/mol. The van der Waals surface area contributed by atoms with Crippen molar-refractivity contribution in [2.75, 3.05) is 0 Å². The Labute approximate surface area is 250 Å². The highest BCUT2D eigenvalue weighted by molar-refractivity contribution is 5.80. The van der Waals surface area contributed by atoms with Crippen LogP contribution >= 0.6 is 0 Å². The van der Waals surface area contributed by atoms with Crippen LogP contribution in [0.2, 0.25) is 0 Å². The van der Waals surface area contributed by atoms with Gasteiger partial charge in [-0.15, -0.1) is 0 Å². The molecule has 2 heterocycles. The fraction of sp³-hybridized carbons (Fsp3) is 0.457. The minimum absolute atomic E-state index is 0.0380. The molecule has 7 nitrogen and oxygen atoms in total. The van der Waals surface area contributed by atoms with Crippen LogP contribution in [0.15, 0.2) is 64.7 Å². The van der Waals surface area contributed by atoms with Crippen LogP contribution in [0.25, 0.3) is 22.9 Å². The molecule has 0 bridgehead atoms. The number of benzene rings is 2. The van der Waals surface area contributed by atoms with Crippen molar-refractivity contribution < 1.29 is 18.7 Å². The lowest BCUT2D eigenvalue weighted by atomic mass is 9.46. The standard InChI is InChI=1S/C35H37FN4O3/c1-34-16-20-18-38-40(23-10-8-22(36)9-11-23)28(20)15-21(34)7-12-24-25-13-14-26(35(25,2)17-29(41)32(24)34)33(42)37-19-31-39-27-5-3-4-6-30(27)43-31/h3-6,8-11,15,18,24-26,29,32,41H,7,12-14,16-17,19H2,1-2H3,(H,37,42). The Bertz CT molecular complexity index is 1730. The number of fused-ring (bicyclic) bond motifs is 7. The Morgan fingerprint density at radius 3 is 2.77 bits per heavy atom. The summed E-state index contributed by atoms with van der Waals surface area (Å²) in [5.41, 5.74) is 5.53. The van der Waals surface area contributed by atoms with Crippen molar-refractivity contribution in [2.24, 2.45) is 34.5 Å². The first-order chi connectivity index (χ1) is 20.7. The van der Waals surface area contributed by atoms with E-state index in [2.05, 4.69) is 35.3 Å². The van der Waals surface area contributed by atoms with Crippen molar-refractivity contribution >= 4 is 23.1 Å². The van der Waals surface area contributed by atoms with E-state index in [0.29, 0.717) is 24.1 Å². The summed E-state index contributed by atoms with van der Waals surface area (Å²) in [4.78, 5) is 18.1. The molecule has 2 aromatic heterocycles. The highest BCUT2D eigenvalue weighted by Gasteiger charge is 2.63. The number of aromatic nitrogens is 3. The third-order valence-electron chi connectivity index (χ3n) is 11.6. The van der Waals surface area contributed by atoms with Gasteiger partial charge in [0.05, 0.1) is 30.2 Å². The third-order valence-corrected chi connectivity index (χ3v) is 11.6. The molecule has 8 heteroatoms. The lowest BCUT2D eigenvalue weighted by Crippen LogP contribution is -2.57. The van der Waals surface area contributed by atoms with Gasteiger partial charge in [-0.05, 0) is 115 Å². The number of nitrogens with one attached hydrogen (secondary N) is 1. The molecule has 3 fully saturated rings. The van der Waals surface area contributed by atoms with Gasteiger partial charge in [-0.2, -0.15) is 5.10 Å². The van der Waals surface area contributed by atoms with Crippen LogP contribution in [0.3, 0.4) is 0 Å². The average Bonchev–Trinajstić information content (AvgIpc) is 3.68. The fourth-order valence-corrected chi connectivity index (χ4v) is 9.68. The van der Waals surface area contributed by atoms with Gasteiger partial charge in [0.2, 0.25) is 11.8 Å². The number of aliphatic hydroxyl groups excluding tert-OH is 1. The van der Waals surface area contributed by atoms with E-state index in [1.165, 1.54) is 23.3 Å². The summed E-state index contributed by atoms with van der Waals surface area (Å²) in [6, 6.07) is 14.1. The lowest BCUT2D eigenvalue weighted by molar-refractivity contribution is -0.143. The van der Waals surface area contributed by atoms with Crippen molar-refractivity contribution in [1.29, 1.82) is 0 Å². The number of halogens is 1. The first-order valence-corrected chi connectivity index (χ1v) is 15.6. The molecule has 7 atom stereocenters. The van der Waals surface area contributed by atoms with Gasteiger partial charge in [-0.25, -0.2) is 14.1 Å². The van der Waals surface area contributed by atoms with Gasteiger partial charge in [0.15, 0.2) is 5.58 Å². The number of nitrogens with zero attached hydrogens (tertiary/aromatic N) is 3. The van der Waals surface area contributed by atoms with E-state index in [0.717, 1.165) is 54.6 Å². The molecule has 4 aromatic rings. The van der Waals surface area contributed by atoms with E-state index in [1.54, 1.807) is 12.1 Å². The predicted octanol–water partition coefficient (Wildman–Crippen LogP) is 6.24. The number of oxazole rings is 1. The van der Waals surface area contributed by atoms with Gasteiger partial charge in [-0.1, -0.05) is 31.6 Å². The first kappa shape index (κ1) is 26.8. The molecule has 2 N–H and O–H groups in total. The van der Waals surface area contributed by atoms with E-state index >= 15 is 0 Å². The second kappa shape index (κ2) is 9.61. The molecule has 1 amide bonds. The second-order valence-corrected chi connectivity index (χ2v) is 13.7. The van der Waals surface area contributed by atoms with Crippen LogP contribution in [0.4, 0.5) is 4.39 Å². The molecule has 0 aliphatic heterocycles. The van der Waals surface area contributed by atoms with Crippen molar-refractivity contribution in [3.63, 3.8) is 0 Å². The number of allylic oxidation sites excluding steroid dienone is 1. The Kier molecular flexibility index (Phi) is 5.99. The summed E-state index contributed by atoms with van der Waals surface area (Å²) in [6.45, 7) is 4.84. The highest BCUT2D eigenvalue weighted by Crippen LogP contribution is 2.66. The minimum Gasteiger partial charge on any atom is -0.439 e. The molecule has 222 valence electrons. The minimum atomic E-state index is -0.487. The van der Waals surface area contributed by atoms with Gasteiger partial charge in [0.1, 0.15) is 11.3 Å². The monoisotopic (exact) mass is 580 g/mol. The molecule has 4 aliphatic rings. The maximum absolute atomic E-state index is 13.6. The van der Waals surface area contributed by atoms with Gasteiger partial charge in [-0.3, -0.25) is 4.79 Å². The maximum Gasteiger partial charge on any atom is 0.224 e. The summed E-state index contributed by atoms with van der Waals surface area (Å²) in [6.07, 6.45) is 9.02. The third kappa shape index (κ3) is 4.05. The number of hydrogen-bond donors (Lipinski definition) is 2.